The third-order valence-corrected chi connectivity index (χ3v) is 2.28. The van der Waals surface area contributed by atoms with E-state index in [1.54, 1.807) is 12.3 Å². The zero-order chi connectivity index (χ0) is 11.4. The molecule has 0 aliphatic rings. The maximum absolute atomic E-state index is 8.76. The average Bonchev–Trinajstić information content (AvgIpc) is 2.35. The van der Waals surface area contributed by atoms with Crippen LogP contribution in [0.3, 0.4) is 0 Å². The minimum atomic E-state index is -0.00730. The molecule has 0 radical (unpaired) electrons. The van der Waals surface area contributed by atoms with E-state index in [1.807, 2.05) is 24.3 Å². The average molecular weight is 215 g/mol. The molecule has 0 amide bonds. The highest BCUT2D eigenvalue weighted by atomic mass is 16.5. The van der Waals surface area contributed by atoms with Crippen molar-refractivity contribution < 1.29 is 9.84 Å². The van der Waals surface area contributed by atoms with Gasteiger partial charge in [0.05, 0.1) is 6.61 Å². The fraction of sp³-hybridized carbons (Fsp3) is 0.154. The predicted molar refractivity (Wildman–Crippen MR) is 64.4 cm³/mol. The molecule has 0 bridgehead atoms. The lowest BCUT2D eigenvalue weighted by molar-refractivity contribution is 0.202. The zero-order valence-corrected chi connectivity index (χ0v) is 8.89. The Morgan fingerprint density at radius 1 is 1.44 bits per heavy atom. The first kappa shape index (κ1) is 10.6. The Bertz CT molecular complexity index is 508. The second kappa shape index (κ2) is 4.77. The van der Waals surface area contributed by atoms with Crippen molar-refractivity contribution >= 4 is 17.0 Å². The monoisotopic (exact) mass is 215 g/mol. The Labute approximate surface area is 94.0 Å². The van der Waals surface area contributed by atoms with Crippen molar-refractivity contribution in [1.82, 2.24) is 4.98 Å². The highest BCUT2D eigenvalue weighted by Gasteiger charge is 2.04. The van der Waals surface area contributed by atoms with Crippen LogP contribution in [0.5, 0.6) is 5.75 Å². The van der Waals surface area contributed by atoms with Crippen molar-refractivity contribution in [3.05, 3.63) is 42.6 Å². The highest BCUT2D eigenvalue weighted by molar-refractivity contribution is 5.86. The maximum Gasteiger partial charge on any atom is 0.146 e. The summed E-state index contributed by atoms with van der Waals surface area (Å²) in [6.45, 7) is 4.00. The number of pyridine rings is 1. The number of benzene rings is 1. The van der Waals surface area contributed by atoms with E-state index in [1.165, 1.54) is 0 Å². The third-order valence-electron chi connectivity index (χ3n) is 2.28. The molecule has 1 N–H and O–H groups in total. The molecule has 0 saturated carbocycles. The largest absolute Gasteiger partial charge is 0.489 e. The molecular formula is C13H13NO2. The van der Waals surface area contributed by atoms with E-state index in [2.05, 4.69) is 11.6 Å². The zero-order valence-electron chi connectivity index (χ0n) is 8.89. The van der Waals surface area contributed by atoms with Crippen molar-refractivity contribution in [2.24, 2.45) is 0 Å². The number of hydrogen-bond acceptors (Lipinski definition) is 3. The van der Waals surface area contributed by atoms with Gasteiger partial charge in [-0.05, 0) is 23.8 Å². The van der Waals surface area contributed by atoms with Crippen LogP contribution in [0, 0.1) is 0 Å². The van der Waals surface area contributed by atoms with Gasteiger partial charge in [0.2, 0.25) is 0 Å². The summed E-state index contributed by atoms with van der Waals surface area (Å²) in [6.07, 6.45) is 3.49. The van der Waals surface area contributed by atoms with Crippen molar-refractivity contribution in [3.8, 4) is 5.75 Å². The Morgan fingerprint density at radius 3 is 3.06 bits per heavy atom. The first-order valence-corrected chi connectivity index (χ1v) is 5.10. The number of aliphatic hydroxyl groups excluding tert-OH is 1. The fourth-order valence-corrected chi connectivity index (χ4v) is 1.56. The Balaban J connectivity index is 2.54. The van der Waals surface area contributed by atoms with Gasteiger partial charge in [0.15, 0.2) is 0 Å². The number of aliphatic hydroxyl groups is 1. The molecule has 1 heterocycles. The van der Waals surface area contributed by atoms with Crippen molar-refractivity contribution in [3.63, 3.8) is 0 Å². The number of hydrogen-bond donors (Lipinski definition) is 1. The number of ether oxygens (including phenoxy) is 1. The van der Waals surface area contributed by atoms with Crippen LogP contribution in [0.25, 0.3) is 17.0 Å². The molecule has 16 heavy (non-hydrogen) atoms. The summed E-state index contributed by atoms with van der Waals surface area (Å²) in [5.41, 5.74) is 1.79. The summed E-state index contributed by atoms with van der Waals surface area (Å²) in [5, 5.41) is 9.77. The molecule has 2 rings (SSSR count). The first-order chi connectivity index (χ1) is 7.85. The first-order valence-electron chi connectivity index (χ1n) is 5.10. The van der Waals surface area contributed by atoms with Gasteiger partial charge in [-0.2, -0.15) is 0 Å². The standard InChI is InChI=1S/C13H13NO2/c1-2-10-8-11-4-3-5-14-13(11)12(9-10)16-7-6-15/h2-5,8-9,15H,1,6-7H2. The smallest absolute Gasteiger partial charge is 0.146 e. The van der Waals surface area contributed by atoms with Crippen LogP contribution in [0.2, 0.25) is 0 Å². The van der Waals surface area contributed by atoms with Gasteiger partial charge in [-0.15, -0.1) is 0 Å². The highest BCUT2D eigenvalue weighted by Crippen LogP contribution is 2.26. The molecule has 0 aliphatic carbocycles. The van der Waals surface area contributed by atoms with Crippen LogP contribution >= 0.6 is 0 Å². The number of nitrogens with zero attached hydrogens (tertiary/aromatic N) is 1. The van der Waals surface area contributed by atoms with E-state index in [4.69, 9.17) is 9.84 Å². The van der Waals surface area contributed by atoms with Gasteiger partial charge in [-0.25, -0.2) is 0 Å². The Morgan fingerprint density at radius 2 is 2.31 bits per heavy atom. The SMILES string of the molecule is C=Cc1cc(OCCO)c2ncccc2c1. The lowest BCUT2D eigenvalue weighted by Crippen LogP contribution is -2.02. The molecule has 0 fully saturated rings. The molecule has 0 aliphatic heterocycles. The molecule has 0 spiro atoms. The third kappa shape index (κ3) is 2.04. The lowest BCUT2D eigenvalue weighted by Gasteiger charge is -2.08. The minimum Gasteiger partial charge on any atom is -0.489 e. The molecular weight excluding hydrogens is 202 g/mol. The lowest BCUT2D eigenvalue weighted by atomic mass is 10.1. The van der Waals surface area contributed by atoms with Gasteiger partial charge in [0.1, 0.15) is 17.9 Å². The van der Waals surface area contributed by atoms with Crippen LogP contribution in [-0.2, 0) is 0 Å². The molecule has 1 aromatic heterocycles. The van der Waals surface area contributed by atoms with Crippen LogP contribution in [-0.4, -0.2) is 23.3 Å². The summed E-state index contributed by atoms with van der Waals surface area (Å²) in [4.78, 5) is 4.27. The predicted octanol–water partition coefficient (Wildman–Crippen LogP) is 2.25. The topological polar surface area (TPSA) is 42.4 Å². The number of fused-ring (bicyclic) bond motifs is 1. The van der Waals surface area contributed by atoms with Crippen LogP contribution in [0.1, 0.15) is 5.56 Å². The van der Waals surface area contributed by atoms with Crippen molar-refractivity contribution in [2.45, 2.75) is 0 Å². The molecule has 3 nitrogen and oxygen atoms in total. The van der Waals surface area contributed by atoms with E-state index in [-0.39, 0.29) is 13.2 Å². The maximum atomic E-state index is 8.76. The Hall–Kier alpha value is -1.87. The molecule has 82 valence electrons. The second-order valence-corrected chi connectivity index (χ2v) is 3.37. The summed E-state index contributed by atoms with van der Waals surface area (Å²) < 4.78 is 5.45. The quantitative estimate of drug-likeness (QED) is 0.850. The summed E-state index contributed by atoms with van der Waals surface area (Å²) in [6, 6.07) is 7.73. The van der Waals surface area contributed by atoms with Crippen LogP contribution < -0.4 is 4.74 Å². The summed E-state index contributed by atoms with van der Waals surface area (Å²) in [7, 11) is 0. The molecule has 0 saturated heterocycles. The van der Waals surface area contributed by atoms with Crippen LogP contribution in [0.15, 0.2) is 37.0 Å². The van der Waals surface area contributed by atoms with Gasteiger partial charge in [0, 0.05) is 11.6 Å². The van der Waals surface area contributed by atoms with E-state index in [0.29, 0.717) is 5.75 Å². The van der Waals surface area contributed by atoms with Crippen molar-refractivity contribution in [1.29, 1.82) is 0 Å². The molecule has 1 aromatic carbocycles. The summed E-state index contributed by atoms with van der Waals surface area (Å²) in [5.74, 6) is 0.682. The van der Waals surface area contributed by atoms with E-state index < -0.39 is 0 Å². The number of rotatable bonds is 4. The van der Waals surface area contributed by atoms with E-state index >= 15 is 0 Å². The Kier molecular flexibility index (Phi) is 3.17. The molecule has 0 atom stereocenters. The fourth-order valence-electron chi connectivity index (χ4n) is 1.56. The van der Waals surface area contributed by atoms with Crippen LogP contribution in [0.4, 0.5) is 0 Å². The summed E-state index contributed by atoms with van der Waals surface area (Å²) >= 11 is 0. The number of aromatic nitrogens is 1. The molecule has 2 aromatic rings. The van der Waals surface area contributed by atoms with Gasteiger partial charge in [0.25, 0.3) is 0 Å². The van der Waals surface area contributed by atoms with Gasteiger partial charge in [-0.1, -0.05) is 18.7 Å². The second-order valence-electron chi connectivity index (χ2n) is 3.37. The van der Waals surface area contributed by atoms with Gasteiger partial charge < -0.3 is 9.84 Å². The van der Waals surface area contributed by atoms with Gasteiger partial charge >= 0.3 is 0 Å². The van der Waals surface area contributed by atoms with E-state index in [0.717, 1.165) is 16.5 Å². The van der Waals surface area contributed by atoms with E-state index in [9.17, 15) is 0 Å². The molecule has 3 heteroatoms. The normalized spacial score (nSPS) is 10.3. The van der Waals surface area contributed by atoms with Gasteiger partial charge in [-0.3, -0.25) is 4.98 Å². The molecule has 0 unspecified atom stereocenters. The minimum absolute atomic E-state index is 0.00730. The van der Waals surface area contributed by atoms with Crippen molar-refractivity contribution in [2.75, 3.05) is 13.2 Å².